The summed E-state index contributed by atoms with van der Waals surface area (Å²) in [6.07, 6.45) is -0.0828. The number of anilines is 1. The molecule has 2 aromatic carbocycles. The van der Waals surface area contributed by atoms with Gasteiger partial charge in [-0.25, -0.2) is 6.57 Å². The molecule has 0 radical (unpaired) electrons. The summed E-state index contributed by atoms with van der Waals surface area (Å²) in [7, 11) is 0. The first-order valence-electron chi connectivity index (χ1n) is 8.45. The number of hydrogen-bond acceptors (Lipinski definition) is 3. The SMILES string of the molecule is [C-]#[N+]CC(=O)c1ccc(NC(=O)C(CC)Oc2ccc(C)cc2C)cc1. The molecular weight excluding hydrogens is 328 g/mol. The molecule has 0 saturated carbocycles. The minimum Gasteiger partial charge on any atom is -0.480 e. The highest BCUT2D eigenvalue weighted by Gasteiger charge is 2.19. The number of ether oxygens (including phenoxy) is 1. The van der Waals surface area contributed by atoms with Crippen molar-refractivity contribution in [3.05, 3.63) is 70.6 Å². The zero-order valence-corrected chi connectivity index (χ0v) is 15.2. The number of nitrogens with one attached hydrogen (secondary N) is 1. The standard InChI is InChI=1S/C21H22N2O3/c1-5-19(26-20-11-6-14(2)12-15(20)3)21(25)23-17-9-7-16(8-10-17)18(24)13-22-4/h6-12,19H,5,13H2,1-3H3,(H,23,25). The number of aryl methyl sites for hydroxylation is 2. The van der Waals surface area contributed by atoms with E-state index in [1.165, 1.54) is 0 Å². The number of ketones is 1. The van der Waals surface area contributed by atoms with E-state index in [2.05, 4.69) is 10.2 Å². The van der Waals surface area contributed by atoms with Crippen LogP contribution >= 0.6 is 0 Å². The summed E-state index contributed by atoms with van der Waals surface area (Å²) >= 11 is 0. The molecule has 0 aliphatic rings. The number of rotatable bonds is 7. The van der Waals surface area contributed by atoms with E-state index in [9.17, 15) is 9.59 Å². The lowest BCUT2D eigenvalue weighted by molar-refractivity contribution is -0.122. The zero-order chi connectivity index (χ0) is 19.1. The average molecular weight is 350 g/mol. The number of benzene rings is 2. The molecule has 0 aromatic heterocycles. The highest BCUT2D eigenvalue weighted by molar-refractivity contribution is 5.99. The molecule has 1 unspecified atom stereocenters. The molecule has 5 nitrogen and oxygen atoms in total. The molecule has 26 heavy (non-hydrogen) atoms. The fourth-order valence-corrected chi connectivity index (χ4v) is 2.53. The summed E-state index contributed by atoms with van der Waals surface area (Å²) in [4.78, 5) is 27.3. The van der Waals surface area contributed by atoms with Crippen LogP contribution in [0.25, 0.3) is 4.85 Å². The van der Waals surface area contributed by atoms with Crippen molar-refractivity contribution in [2.45, 2.75) is 33.3 Å². The van der Waals surface area contributed by atoms with Gasteiger partial charge >= 0.3 is 0 Å². The van der Waals surface area contributed by atoms with Crippen LogP contribution in [0.5, 0.6) is 5.75 Å². The Balaban J connectivity index is 2.04. The van der Waals surface area contributed by atoms with Crippen LogP contribution in [0, 0.1) is 20.4 Å². The maximum absolute atomic E-state index is 12.5. The maximum Gasteiger partial charge on any atom is 0.276 e. The quantitative estimate of drug-likeness (QED) is 0.601. The lowest BCUT2D eigenvalue weighted by Gasteiger charge is -2.19. The van der Waals surface area contributed by atoms with Crippen molar-refractivity contribution >= 4 is 17.4 Å². The van der Waals surface area contributed by atoms with E-state index in [4.69, 9.17) is 11.3 Å². The Hall–Kier alpha value is -3.13. The molecule has 0 bridgehead atoms. The summed E-state index contributed by atoms with van der Waals surface area (Å²) in [5, 5.41) is 2.81. The molecule has 134 valence electrons. The van der Waals surface area contributed by atoms with Crippen LogP contribution in [0.15, 0.2) is 42.5 Å². The molecule has 0 spiro atoms. The van der Waals surface area contributed by atoms with Crippen molar-refractivity contribution < 1.29 is 14.3 Å². The predicted molar refractivity (Wildman–Crippen MR) is 101 cm³/mol. The normalized spacial score (nSPS) is 11.3. The van der Waals surface area contributed by atoms with Gasteiger partial charge in [0.15, 0.2) is 6.10 Å². The second kappa shape index (κ2) is 8.82. The maximum atomic E-state index is 12.5. The van der Waals surface area contributed by atoms with Crippen molar-refractivity contribution in [3.63, 3.8) is 0 Å². The Kier molecular flexibility index (Phi) is 6.51. The Labute approximate surface area is 153 Å². The molecule has 0 aliphatic heterocycles. The third kappa shape index (κ3) is 4.93. The number of carbonyl (C=O) groups is 2. The van der Waals surface area contributed by atoms with Crippen molar-refractivity contribution in [1.82, 2.24) is 0 Å². The van der Waals surface area contributed by atoms with Crippen molar-refractivity contribution in [3.8, 4) is 5.75 Å². The van der Waals surface area contributed by atoms with Crippen molar-refractivity contribution in [1.29, 1.82) is 0 Å². The van der Waals surface area contributed by atoms with E-state index in [0.717, 1.165) is 11.1 Å². The van der Waals surface area contributed by atoms with E-state index >= 15 is 0 Å². The fraction of sp³-hybridized carbons (Fsp3) is 0.286. The summed E-state index contributed by atoms with van der Waals surface area (Å²) in [6.45, 7) is 12.4. The third-order valence-corrected chi connectivity index (χ3v) is 3.96. The van der Waals surface area contributed by atoms with Gasteiger partial charge in [-0.05, 0) is 56.2 Å². The lowest BCUT2D eigenvalue weighted by atomic mass is 10.1. The molecule has 0 aliphatic carbocycles. The average Bonchev–Trinajstić information content (AvgIpc) is 2.62. The first kappa shape index (κ1) is 19.2. The first-order valence-corrected chi connectivity index (χ1v) is 8.45. The van der Waals surface area contributed by atoms with Crippen LogP contribution in [0.3, 0.4) is 0 Å². The number of hydrogen-bond donors (Lipinski definition) is 1. The van der Waals surface area contributed by atoms with Crippen LogP contribution in [0.1, 0.15) is 34.8 Å². The van der Waals surface area contributed by atoms with Gasteiger partial charge in [0.05, 0.1) is 0 Å². The van der Waals surface area contributed by atoms with Gasteiger partial charge in [0.1, 0.15) is 5.75 Å². The monoisotopic (exact) mass is 350 g/mol. The molecule has 1 N–H and O–H groups in total. The Morgan fingerprint density at radius 1 is 1.15 bits per heavy atom. The zero-order valence-electron chi connectivity index (χ0n) is 15.2. The van der Waals surface area contributed by atoms with Crippen LogP contribution in [-0.2, 0) is 4.79 Å². The van der Waals surface area contributed by atoms with E-state index in [1.807, 2.05) is 39.0 Å². The minimum atomic E-state index is -0.611. The predicted octanol–water partition coefficient (Wildman–Crippen LogP) is 4.20. The molecule has 5 heteroatoms. The number of nitrogens with zero attached hydrogens (tertiary/aromatic N) is 1. The Morgan fingerprint density at radius 2 is 1.85 bits per heavy atom. The molecule has 0 heterocycles. The molecule has 2 rings (SSSR count). The smallest absolute Gasteiger partial charge is 0.276 e. The Bertz CT molecular complexity index is 835. The topological polar surface area (TPSA) is 59.8 Å². The highest BCUT2D eigenvalue weighted by Crippen LogP contribution is 2.21. The summed E-state index contributed by atoms with van der Waals surface area (Å²) < 4.78 is 5.88. The largest absolute Gasteiger partial charge is 0.480 e. The summed E-state index contributed by atoms with van der Waals surface area (Å²) in [5.41, 5.74) is 3.16. The summed E-state index contributed by atoms with van der Waals surface area (Å²) in [6, 6.07) is 12.4. The van der Waals surface area contributed by atoms with E-state index in [1.54, 1.807) is 24.3 Å². The minimum absolute atomic E-state index is 0.173. The van der Waals surface area contributed by atoms with Gasteiger partial charge in [-0.2, -0.15) is 0 Å². The molecule has 2 aromatic rings. The Morgan fingerprint density at radius 3 is 2.42 bits per heavy atom. The number of amides is 1. The van der Waals surface area contributed by atoms with E-state index in [-0.39, 0.29) is 18.2 Å². The molecule has 0 saturated heterocycles. The van der Waals surface area contributed by atoms with Gasteiger partial charge < -0.3 is 14.9 Å². The number of Topliss-reactive ketones (excluding diaryl/α,β-unsaturated/α-hetero) is 1. The van der Waals surface area contributed by atoms with Gasteiger partial charge in [-0.15, -0.1) is 0 Å². The lowest BCUT2D eigenvalue weighted by Crippen LogP contribution is -2.32. The molecule has 1 atom stereocenters. The van der Waals surface area contributed by atoms with Gasteiger partial charge in [0.25, 0.3) is 12.5 Å². The van der Waals surface area contributed by atoms with Crippen LogP contribution in [0.2, 0.25) is 0 Å². The van der Waals surface area contributed by atoms with Crippen molar-refractivity contribution in [2.75, 3.05) is 11.9 Å². The molecular formula is C21H22N2O3. The second-order valence-electron chi connectivity index (χ2n) is 6.09. The second-order valence-corrected chi connectivity index (χ2v) is 6.09. The third-order valence-electron chi connectivity index (χ3n) is 3.96. The van der Waals surface area contributed by atoms with Gasteiger partial charge in [0.2, 0.25) is 5.78 Å². The fourth-order valence-electron chi connectivity index (χ4n) is 2.53. The van der Waals surface area contributed by atoms with E-state index < -0.39 is 6.10 Å². The molecule has 1 amide bonds. The van der Waals surface area contributed by atoms with E-state index in [0.29, 0.717) is 23.4 Å². The van der Waals surface area contributed by atoms with Crippen LogP contribution in [-0.4, -0.2) is 24.3 Å². The summed E-state index contributed by atoms with van der Waals surface area (Å²) in [5.74, 6) is 0.216. The van der Waals surface area contributed by atoms with Crippen LogP contribution in [0.4, 0.5) is 5.69 Å². The van der Waals surface area contributed by atoms with Gasteiger partial charge in [0, 0.05) is 11.3 Å². The van der Waals surface area contributed by atoms with Crippen molar-refractivity contribution in [2.24, 2.45) is 0 Å². The number of carbonyl (C=O) groups excluding carboxylic acids is 2. The van der Waals surface area contributed by atoms with Gasteiger partial charge in [-0.3, -0.25) is 9.59 Å². The first-order chi connectivity index (χ1) is 12.4. The van der Waals surface area contributed by atoms with Crippen LogP contribution < -0.4 is 10.1 Å². The highest BCUT2D eigenvalue weighted by atomic mass is 16.5. The molecule has 0 fully saturated rings. The van der Waals surface area contributed by atoms with Gasteiger partial charge in [-0.1, -0.05) is 24.6 Å².